The topological polar surface area (TPSA) is 86.8 Å². The minimum absolute atomic E-state index is 0.393. The number of hydrogen-bond acceptors (Lipinski definition) is 7. The molecule has 7 nitrogen and oxygen atoms in total. The van der Waals surface area contributed by atoms with E-state index in [2.05, 4.69) is 69.1 Å². The lowest BCUT2D eigenvalue weighted by atomic mass is 10.1. The van der Waals surface area contributed by atoms with Crippen LogP contribution in [-0.4, -0.2) is 41.1 Å². The summed E-state index contributed by atoms with van der Waals surface area (Å²) < 4.78 is 0. The van der Waals surface area contributed by atoms with Crippen LogP contribution in [0.5, 0.6) is 0 Å². The highest BCUT2D eigenvalue weighted by molar-refractivity contribution is 5.64. The van der Waals surface area contributed by atoms with E-state index in [1.54, 1.807) is 0 Å². The molecule has 0 spiro atoms. The van der Waals surface area contributed by atoms with E-state index >= 15 is 0 Å². The summed E-state index contributed by atoms with van der Waals surface area (Å²) in [7, 11) is 1.82. The highest BCUT2D eigenvalue weighted by atomic mass is 15.3. The van der Waals surface area contributed by atoms with Crippen molar-refractivity contribution < 1.29 is 0 Å². The number of nitrogens with one attached hydrogen (secondary N) is 4. The highest BCUT2D eigenvalue weighted by Gasteiger charge is 2.15. The molecule has 1 aliphatic heterocycles. The molecule has 0 radical (unpaired) electrons. The Morgan fingerprint density at radius 1 is 0.920 bits per heavy atom. The van der Waals surface area contributed by atoms with E-state index in [1.807, 2.05) is 7.05 Å². The first kappa shape index (κ1) is 17.4. The van der Waals surface area contributed by atoms with Crippen molar-refractivity contribution in [3.63, 3.8) is 0 Å². The molecule has 1 aromatic heterocycles. The summed E-state index contributed by atoms with van der Waals surface area (Å²) in [6.45, 7) is 8.34. The summed E-state index contributed by atoms with van der Waals surface area (Å²) in [6.07, 6.45) is 2.14. The van der Waals surface area contributed by atoms with E-state index < -0.39 is 0 Å². The van der Waals surface area contributed by atoms with E-state index in [9.17, 15) is 0 Å². The third kappa shape index (κ3) is 4.36. The standard InChI is InChI=1S/C18H27N7/c1-11-9-12(2)15(13(3)10-11)22-18-24-16(19-4)23-17(25-18)21-14-5-7-20-8-6-14/h9-10,14,20H,5-8H2,1-4H3,(H3,19,21,22,23,24,25). The van der Waals surface area contributed by atoms with Gasteiger partial charge in [-0.15, -0.1) is 0 Å². The first-order valence-electron chi connectivity index (χ1n) is 8.81. The summed E-state index contributed by atoms with van der Waals surface area (Å²) in [5.41, 5.74) is 4.65. The Kier molecular flexibility index (Phi) is 5.33. The maximum absolute atomic E-state index is 4.57. The minimum atomic E-state index is 0.393. The minimum Gasteiger partial charge on any atom is -0.357 e. The molecule has 0 aliphatic carbocycles. The molecule has 0 bridgehead atoms. The van der Waals surface area contributed by atoms with Gasteiger partial charge in [-0.05, 0) is 57.8 Å². The zero-order valence-corrected chi connectivity index (χ0v) is 15.4. The summed E-state index contributed by atoms with van der Waals surface area (Å²) in [4.78, 5) is 13.5. The summed E-state index contributed by atoms with van der Waals surface area (Å²) in [6, 6.07) is 4.71. The molecule has 2 heterocycles. The number of aromatic nitrogens is 3. The van der Waals surface area contributed by atoms with Crippen molar-refractivity contribution in [2.24, 2.45) is 0 Å². The van der Waals surface area contributed by atoms with Crippen LogP contribution >= 0.6 is 0 Å². The molecule has 3 rings (SSSR count). The monoisotopic (exact) mass is 341 g/mol. The van der Waals surface area contributed by atoms with Crippen LogP contribution in [0.15, 0.2) is 12.1 Å². The second kappa shape index (κ2) is 7.65. The molecule has 2 aromatic rings. The fourth-order valence-corrected chi connectivity index (χ4v) is 3.25. The highest BCUT2D eigenvalue weighted by Crippen LogP contribution is 2.25. The maximum atomic E-state index is 4.57. The van der Waals surface area contributed by atoms with Gasteiger partial charge in [-0.3, -0.25) is 0 Å². The number of anilines is 4. The molecule has 134 valence electrons. The Bertz CT molecular complexity index is 715. The SMILES string of the molecule is CNc1nc(Nc2c(C)cc(C)cc2C)nc(NC2CCNCC2)n1. The van der Waals surface area contributed by atoms with Crippen molar-refractivity contribution >= 4 is 23.5 Å². The van der Waals surface area contributed by atoms with Crippen molar-refractivity contribution in [1.29, 1.82) is 0 Å². The second-order valence-electron chi connectivity index (χ2n) is 6.62. The number of aryl methyl sites for hydroxylation is 3. The van der Waals surface area contributed by atoms with Crippen LogP contribution in [0.2, 0.25) is 0 Å². The van der Waals surface area contributed by atoms with Gasteiger partial charge in [-0.25, -0.2) is 0 Å². The lowest BCUT2D eigenvalue weighted by molar-refractivity contribution is 0.477. The molecule has 0 saturated carbocycles. The van der Waals surface area contributed by atoms with Gasteiger partial charge < -0.3 is 21.3 Å². The lowest BCUT2D eigenvalue weighted by Crippen LogP contribution is -2.35. The van der Waals surface area contributed by atoms with E-state index in [4.69, 9.17) is 0 Å². The van der Waals surface area contributed by atoms with Crippen molar-refractivity contribution in [2.45, 2.75) is 39.7 Å². The third-order valence-electron chi connectivity index (χ3n) is 4.45. The number of nitrogens with zero attached hydrogens (tertiary/aromatic N) is 3. The molecule has 1 aliphatic rings. The van der Waals surface area contributed by atoms with Gasteiger partial charge in [0.2, 0.25) is 17.8 Å². The van der Waals surface area contributed by atoms with E-state index in [0.29, 0.717) is 23.9 Å². The molecule has 25 heavy (non-hydrogen) atoms. The predicted octanol–water partition coefficient (Wildman–Crippen LogP) is 2.75. The van der Waals surface area contributed by atoms with Gasteiger partial charge in [0.1, 0.15) is 0 Å². The Morgan fingerprint density at radius 3 is 2.16 bits per heavy atom. The molecule has 1 aromatic carbocycles. The van der Waals surface area contributed by atoms with Crippen LogP contribution in [0.4, 0.5) is 23.5 Å². The zero-order valence-electron chi connectivity index (χ0n) is 15.4. The first-order valence-corrected chi connectivity index (χ1v) is 8.81. The average Bonchev–Trinajstić information content (AvgIpc) is 2.59. The van der Waals surface area contributed by atoms with Crippen molar-refractivity contribution in [3.05, 3.63) is 28.8 Å². The number of benzene rings is 1. The van der Waals surface area contributed by atoms with Gasteiger partial charge in [0.05, 0.1) is 0 Å². The molecule has 1 saturated heterocycles. The fourth-order valence-electron chi connectivity index (χ4n) is 3.25. The number of piperidine rings is 1. The third-order valence-corrected chi connectivity index (χ3v) is 4.45. The van der Waals surface area contributed by atoms with Crippen molar-refractivity contribution in [3.8, 4) is 0 Å². The number of rotatable bonds is 5. The Balaban J connectivity index is 1.84. The van der Waals surface area contributed by atoms with Crippen LogP contribution in [0, 0.1) is 20.8 Å². The summed E-state index contributed by atoms with van der Waals surface area (Å²) in [5.74, 6) is 1.71. The molecular formula is C18H27N7. The Morgan fingerprint density at radius 2 is 1.52 bits per heavy atom. The smallest absolute Gasteiger partial charge is 0.233 e. The molecule has 0 unspecified atom stereocenters. The molecule has 0 amide bonds. The van der Waals surface area contributed by atoms with Gasteiger partial charge in [0, 0.05) is 18.8 Å². The average molecular weight is 341 g/mol. The summed E-state index contributed by atoms with van der Waals surface area (Å²) in [5, 5.41) is 13.2. The van der Waals surface area contributed by atoms with Gasteiger partial charge in [-0.1, -0.05) is 17.7 Å². The zero-order chi connectivity index (χ0) is 17.8. The fraction of sp³-hybridized carbons (Fsp3) is 0.500. The normalized spacial score (nSPS) is 15.0. The maximum Gasteiger partial charge on any atom is 0.233 e. The molecule has 7 heteroatoms. The summed E-state index contributed by atoms with van der Waals surface area (Å²) >= 11 is 0. The van der Waals surface area contributed by atoms with E-state index in [-0.39, 0.29) is 0 Å². The van der Waals surface area contributed by atoms with Crippen LogP contribution in [0.3, 0.4) is 0 Å². The van der Waals surface area contributed by atoms with E-state index in [1.165, 1.54) is 16.7 Å². The van der Waals surface area contributed by atoms with Gasteiger partial charge >= 0.3 is 0 Å². The lowest BCUT2D eigenvalue weighted by Gasteiger charge is -2.24. The Labute approximate surface area is 149 Å². The second-order valence-corrected chi connectivity index (χ2v) is 6.62. The number of hydrogen-bond donors (Lipinski definition) is 4. The predicted molar refractivity (Wildman–Crippen MR) is 103 cm³/mol. The Hall–Kier alpha value is -2.41. The first-order chi connectivity index (χ1) is 12.0. The van der Waals surface area contributed by atoms with Crippen LogP contribution < -0.4 is 21.3 Å². The molecule has 0 atom stereocenters. The largest absolute Gasteiger partial charge is 0.357 e. The van der Waals surface area contributed by atoms with Crippen LogP contribution in [0.1, 0.15) is 29.5 Å². The van der Waals surface area contributed by atoms with E-state index in [0.717, 1.165) is 31.6 Å². The molecular weight excluding hydrogens is 314 g/mol. The van der Waals surface area contributed by atoms with Crippen molar-refractivity contribution in [2.75, 3.05) is 36.1 Å². The molecule has 1 fully saturated rings. The van der Waals surface area contributed by atoms with Gasteiger partial charge in [0.15, 0.2) is 0 Å². The van der Waals surface area contributed by atoms with Crippen LogP contribution in [0.25, 0.3) is 0 Å². The van der Waals surface area contributed by atoms with Crippen molar-refractivity contribution in [1.82, 2.24) is 20.3 Å². The quantitative estimate of drug-likeness (QED) is 0.665. The molecule has 4 N–H and O–H groups in total. The van der Waals surface area contributed by atoms with Gasteiger partial charge in [-0.2, -0.15) is 15.0 Å². The van der Waals surface area contributed by atoms with Crippen LogP contribution in [-0.2, 0) is 0 Å². The van der Waals surface area contributed by atoms with Gasteiger partial charge in [0.25, 0.3) is 0 Å².